The van der Waals surface area contributed by atoms with Gasteiger partial charge in [0.2, 0.25) is 0 Å². The highest BCUT2D eigenvalue weighted by atomic mass is 16.1. The van der Waals surface area contributed by atoms with E-state index in [0.717, 1.165) is 19.4 Å². The van der Waals surface area contributed by atoms with Crippen molar-refractivity contribution in [2.75, 3.05) is 18.9 Å². The minimum absolute atomic E-state index is 0.220. The quantitative estimate of drug-likeness (QED) is 0.906. The van der Waals surface area contributed by atoms with Crippen LogP contribution in [0.1, 0.15) is 28.0 Å². The van der Waals surface area contributed by atoms with Crippen molar-refractivity contribution in [1.82, 2.24) is 15.5 Å². The van der Waals surface area contributed by atoms with Gasteiger partial charge in [-0.25, -0.2) is 0 Å². The number of fused-ring (bicyclic) bond motifs is 1. The molecule has 3 rings (SSSR count). The van der Waals surface area contributed by atoms with E-state index in [4.69, 9.17) is 0 Å². The highest BCUT2D eigenvalue weighted by molar-refractivity contribution is 5.91. The number of carbonyl (C=O) groups is 1. The summed E-state index contributed by atoms with van der Waals surface area (Å²) in [6.07, 6.45) is 3.44. The number of aromatic nitrogens is 2. The van der Waals surface area contributed by atoms with Crippen LogP contribution in [0, 0.1) is 5.92 Å². The zero-order valence-corrected chi connectivity index (χ0v) is 12.7. The topological polar surface area (TPSA) is 66.9 Å². The maximum atomic E-state index is 11.4. The third kappa shape index (κ3) is 3.24. The molecule has 1 amide bonds. The summed E-state index contributed by atoms with van der Waals surface area (Å²) in [4.78, 5) is 11.4. The standard InChI is InChI=1S/C17H20N4O/c1-18-17(22)15-8-9-16(21-20-15)19-11-12-6-7-13-4-2-3-5-14(13)10-12/h2-5,8-9,12H,6-7,10-11H2,1H3,(H,18,22)(H,19,21). The van der Waals surface area contributed by atoms with Crippen LogP contribution >= 0.6 is 0 Å². The van der Waals surface area contributed by atoms with E-state index in [-0.39, 0.29) is 5.91 Å². The molecule has 1 aromatic heterocycles. The molecule has 2 aromatic rings. The second kappa shape index (κ2) is 6.56. The maximum absolute atomic E-state index is 11.4. The van der Waals surface area contributed by atoms with Crippen LogP contribution in [0.5, 0.6) is 0 Å². The monoisotopic (exact) mass is 296 g/mol. The van der Waals surface area contributed by atoms with Gasteiger partial charge in [-0.3, -0.25) is 4.79 Å². The number of nitrogens with one attached hydrogen (secondary N) is 2. The van der Waals surface area contributed by atoms with Gasteiger partial charge in [0.1, 0.15) is 5.82 Å². The van der Waals surface area contributed by atoms with Crippen molar-refractivity contribution in [3.05, 3.63) is 53.2 Å². The molecule has 0 radical (unpaired) electrons. The number of rotatable bonds is 4. The molecule has 1 aromatic carbocycles. The number of hydrogen-bond donors (Lipinski definition) is 2. The van der Waals surface area contributed by atoms with Crippen LogP contribution in [-0.2, 0) is 12.8 Å². The Morgan fingerprint density at radius 2 is 2.00 bits per heavy atom. The molecule has 0 bridgehead atoms. The van der Waals surface area contributed by atoms with Gasteiger partial charge in [0.15, 0.2) is 5.69 Å². The molecule has 0 spiro atoms. The molecular weight excluding hydrogens is 276 g/mol. The van der Waals surface area contributed by atoms with Crippen LogP contribution in [0.3, 0.4) is 0 Å². The molecular formula is C17H20N4O. The molecule has 2 N–H and O–H groups in total. The van der Waals surface area contributed by atoms with Gasteiger partial charge < -0.3 is 10.6 Å². The fourth-order valence-electron chi connectivity index (χ4n) is 2.87. The van der Waals surface area contributed by atoms with E-state index in [0.29, 0.717) is 17.4 Å². The van der Waals surface area contributed by atoms with E-state index >= 15 is 0 Å². The van der Waals surface area contributed by atoms with Gasteiger partial charge in [-0.1, -0.05) is 24.3 Å². The van der Waals surface area contributed by atoms with Gasteiger partial charge in [-0.2, -0.15) is 0 Å². The Hall–Kier alpha value is -2.43. The summed E-state index contributed by atoms with van der Waals surface area (Å²) in [5, 5.41) is 13.8. The Kier molecular flexibility index (Phi) is 4.32. The molecule has 0 saturated carbocycles. The summed E-state index contributed by atoms with van der Waals surface area (Å²) in [6, 6.07) is 12.2. The van der Waals surface area contributed by atoms with Crippen LogP contribution < -0.4 is 10.6 Å². The fraction of sp³-hybridized carbons (Fsp3) is 0.353. The molecule has 22 heavy (non-hydrogen) atoms. The SMILES string of the molecule is CNC(=O)c1ccc(NCC2CCc3ccccc3C2)nn1. The van der Waals surface area contributed by atoms with Gasteiger partial charge in [0, 0.05) is 13.6 Å². The highest BCUT2D eigenvalue weighted by Crippen LogP contribution is 2.25. The minimum Gasteiger partial charge on any atom is -0.368 e. The Morgan fingerprint density at radius 3 is 2.73 bits per heavy atom. The normalized spacial score (nSPS) is 16.7. The van der Waals surface area contributed by atoms with Crippen molar-refractivity contribution in [3.8, 4) is 0 Å². The molecule has 5 nitrogen and oxygen atoms in total. The van der Waals surface area contributed by atoms with E-state index in [1.165, 1.54) is 17.5 Å². The number of hydrogen-bond acceptors (Lipinski definition) is 4. The molecule has 0 fully saturated rings. The number of anilines is 1. The fourth-order valence-corrected chi connectivity index (χ4v) is 2.87. The third-order valence-corrected chi connectivity index (χ3v) is 4.14. The van der Waals surface area contributed by atoms with Gasteiger partial charge in [-0.15, -0.1) is 10.2 Å². The zero-order valence-electron chi connectivity index (χ0n) is 12.7. The van der Waals surface area contributed by atoms with Crippen molar-refractivity contribution in [1.29, 1.82) is 0 Å². The second-order valence-corrected chi connectivity index (χ2v) is 5.64. The van der Waals surface area contributed by atoms with E-state index in [1.807, 2.05) is 0 Å². The predicted octanol–water partition coefficient (Wildman–Crippen LogP) is 2.05. The van der Waals surface area contributed by atoms with Crippen molar-refractivity contribution in [2.45, 2.75) is 19.3 Å². The summed E-state index contributed by atoms with van der Waals surface area (Å²) in [7, 11) is 1.58. The first kappa shape index (κ1) is 14.5. The van der Waals surface area contributed by atoms with Crippen LogP contribution in [0.15, 0.2) is 36.4 Å². The van der Waals surface area contributed by atoms with E-state index < -0.39 is 0 Å². The molecule has 0 saturated heterocycles. The summed E-state index contributed by atoms with van der Waals surface area (Å²) >= 11 is 0. The number of amides is 1. The lowest BCUT2D eigenvalue weighted by Gasteiger charge is -2.24. The van der Waals surface area contributed by atoms with Gasteiger partial charge in [-0.05, 0) is 48.4 Å². The largest absolute Gasteiger partial charge is 0.368 e. The molecule has 1 unspecified atom stereocenters. The van der Waals surface area contributed by atoms with Crippen molar-refractivity contribution < 1.29 is 4.79 Å². The first-order valence-corrected chi connectivity index (χ1v) is 7.62. The lowest BCUT2D eigenvalue weighted by molar-refractivity contribution is 0.0957. The van der Waals surface area contributed by atoms with Crippen LogP contribution in [0.4, 0.5) is 5.82 Å². The Morgan fingerprint density at radius 1 is 1.18 bits per heavy atom. The Balaban J connectivity index is 1.56. The van der Waals surface area contributed by atoms with E-state index in [2.05, 4.69) is 45.1 Å². The molecule has 5 heteroatoms. The van der Waals surface area contributed by atoms with Crippen molar-refractivity contribution >= 4 is 11.7 Å². The van der Waals surface area contributed by atoms with Crippen molar-refractivity contribution in [3.63, 3.8) is 0 Å². The minimum atomic E-state index is -0.220. The molecule has 1 atom stereocenters. The predicted molar refractivity (Wildman–Crippen MR) is 85.9 cm³/mol. The first-order valence-electron chi connectivity index (χ1n) is 7.62. The molecule has 114 valence electrons. The zero-order chi connectivity index (χ0) is 15.4. The van der Waals surface area contributed by atoms with E-state index in [1.54, 1.807) is 19.2 Å². The Labute approximate surface area is 130 Å². The maximum Gasteiger partial charge on any atom is 0.271 e. The molecule has 1 heterocycles. The van der Waals surface area contributed by atoms with Crippen LogP contribution in [-0.4, -0.2) is 29.7 Å². The van der Waals surface area contributed by atoms with Crippen molar-refractivity contribution in [2.24, 2.45) is 5.92 Å². The lowest BCUT2D eigenvalue weighted by atomic mass is 9.84. The first-order chi connectivity index (χ1) is 10.8. The summed E-state index contributed by atoms with van der Waals surface area (Å²) in [5.41, 5.74) is 3.27. The average molecular weight is 296 g/mol. The smallest absolute Gasteiger partial charge is 0.271 e. The molecule has 0 aliphatic heterocycles. The summed E-state index contributed by atoms with van der Waals surface area (Å²) in [6.45, 7) is 0.877. The van der Waals surface area contributed by atoms with E-state index in [9.17, 15) is 4.79 Å². The lowest BCUT2D eigenvalue weighted by Crippen LogP contribution is -2.23. The van der Waals surface area contributed by atoms with Gasteiger partial charge in [0.25, 0.3) is 5.91 Å². The van der Waals surface area contributed by atoms with Crippen LogP contribution in [0.2, 0.25) is 0 Å². The number of aryl methyl sites for hydroxylation is 1. The summed E-state index contributed by atoms with van der Waals surface area (Å²) in [5.74, 6) is 1.10. The molecule has 1 aliphatic rings. The second-order valence-electron chi connectivity index (χ2n) is 5.64. The third-order valence-electron chi connectivity index (χ3n) is 4.14. The van der Waals surface area contributed by atoms with Gasteiger partial charge >= 0.3 is 0 Å². The molecule has 1 aliphatic carbocycles. The average Bonchev–Trinajstić information content (AvgIpc) is 2.59. The number of benzene rings is 1. The highest BCUT2D eigenvalue weighted by Gasteiger charge is 2.18. The van der Waals surface area contributed by atoms with Crippen LogP contribution in [0.25, 0.3) is 0 Å². The Bertz CT molecular complexity index is 654. The van der Waals surface area contributed by atoms with Gasteiger partial charge in [0.05, 0.1) is 0 Å². The number of carbonyl (C=O) groups excluding carboxylic acids is 1. The summed E-state index contributed by atoms with van der Waals surface area (Å²) < 4.78 is 0. The number of nitrogens with zero attached hydrogens (tertiary/aromatic N) is 2.